The second kappa shape index (κ2) is 8.99. The third kappa shape index (κ3) is 10.9. The molecular weight excluding hydrogens is 172 g/mol. The van der Waals surface area contributed by atoms with Gasteiger partial charge in [0.05, 0.1) is 13.1 Å². The summed E-state index contributed by atoms with van der Waals surface area (Å²) in [6.07, 6.45) is 0. The van der Waals surface area contributed by atoms with Crippen LogP contribution in [0.3, 0.4) is 0 Å². The highest BCUT2D eigenvalue weighted by atomic mass is 16.4. The minimum absolute atomic E-state index is 0.114. The zero-order valence-electron chi connectivity index (χ0n) is 8.63. The molecule has 0 aromatic carbocycles. The number of carboxylic acid groups (broad SMARTS) is 1. The van der Waals surface area contributed by atoms with Crippen LogP contribution in [-0.2, 0) is 9.59 Å². The smallest absolute Gasteiger partial charge is 0.317 e. The Labute approximate surface area is 78.7 Å². The van der Waals surface area contributed by atoms with Gasteiger partial charge in [0.1, 0.15) is 0 Å². The molecule has 2 N–H and O–H groups in total. The van der Waals surface area contributed by atoms with Crippen LogP contribution in [0.4, 0.5) is 0 Å². The van der Waals surface area contributed by atoms with E-state index in [2.05, 4.69) is 5.32 Å². The van der Waals surface area contributed by atoms with Crippen molar-refractivity contribution in [1.82, 2.24) is 10.2 Å². The molecule has 0 rings (SSSR count). The molecule has 0 bridgehead atoms. The average Bonchev–Trinajstić information content (AvgIpc) is 2.06. The second-order valence-corrected chi connectivity index (χ2v) is 2.24. The van der Waals surface area contributed by atoms with Gasteiger partial charge in [0.25, 0.3) is 0 Å². The molecule has 0 fully saturated rings. The molecule has 0 saturated carbocycles. The van der Waals surface area contributed by atoms with Crippen molar-refractivity contribution in [2.75, 3.05) is 27.2 Å². The van der Waals surface area contributed by atoms with E-state index < -0.39 is 5.97 Å². The average molecular weight is 190 g/mol. The first-order chi connectivity index (χ1) is 6.06. The summed E-state index contributed by atoms with van der Waals surface area (Å²) in [5.41, 5.74) is 0. The molecule has 0 aliphatic heterocycles. The van der Waals surface area contributed by atoms with E-state index in [9.17, 15) is 9.59 Å². The van der Waals surface area contributed by atoms with E-state index >= 15 is 0 Å². The van der Waals surface area contributed by atoms with Crippen molar-refractivity contribution >= 4 is 11.9 Å². The van der Waals surface area contributed by atoms with E-state index in [1.807, 2.05) is 13.8 Å². The van der Waals surface area contributed by atoms with Gasteiger partial charge in [-0.2, -0.15) is 0 Å². The lowest BCUT2D eigenvalue weighted by Crippen LogP contribution is -2.35. The van der Waals surface area contributed by atoms with E-state index in [0.29, 0.717) is 0 Å². The second-order valence-electron chi connectivity index (χ2n) is 2.24. The van der Waals surface area contributed by atoms with Crippen molar-refractivity contribution in [3.8, 4) is 0 Å². The predicted molar refractivity (Wildman–Crippen MR) is 50.5 cm³/mol. The van der Waals surface area contributed by atoms with Gasteiger partial charge in [0.2, 0.25) is 5.91 Å². The number of carboxylic acids is 1. The van der Waals surface area contributed by atoms with Crippen LogP contribution in [0.15, 0.2) is 0 Å². The summed E-state index contributed by atoms with van der Waals surface area (Å²) in [6.45, 7) is 4.00. The zero-order valence-corrected chi connectivity index (χ0v) is 8.63. The summed E-state index contributed by atoms with van der Waals surface area (Å²) in [7, 11) is 3.08. The molecule has 0 aliphatic carbocycles. The maximum absolute atomic E-state index is 10.7. The monoisotopic (exact) mass is 190 g/mol. The van der Waals surface area contributed by atoms with Crippen LogP contribution in [0.5, 0.6) is 0 Å². The molecule has 0 spiro atoms. The molecule has 0 aromatic heterocycles. The van der Waals surface area contributed by atoms with Gasteiger partial charge in [-0.3, -0.25) is 14.5 Å². The number of carbonyl (C=O) groups excluding carboxylic acids is 1. The van der Waals surface area contributed by atoms with Crippen LogP contribution in [0.1, 0.15) is 13.8 Å². The number of carbonyl (C=O) groups is 2. The number of aliphatic carboxylic acids is 1. The van der Waals surface area contributed by atoms with Crippen LogP contribution < -0.4 is 5.32 Å². The Morgan fingerprint density at radius 1 is 1.31 bits per heavy atom. The maximum atomic E-state index is 10.7. The first-order valence-electron chi connectivity index (χ1n) is 4.17. The molecule has 0 radical (unpaired) electrons. The van der Waals surface area contributed by atoms with E-state index in [1.165, 1.54) is 11.9 Å². The molecule has 0 saturated heterocycles. The minimum Gasteiger partial charge on any atom is -0.480 e. The fourth-order valence-electron chi connectivity index (χ4n) is 0.611. The summed E-state index contributed by atoms with van der Waals surface area (Å²) >= 11 is 0. The normalized spacial score (nSPS) is 8.69. The van der Waals surface area contributed by atoms with Crippen LogP contribution in [0.25, 0.3) is 0 Å². The number of nitrogens with one attached hydrogen (secondary N) is 1. The SMILES string of the molecule is CC.CNC(=O)CN(C)CC(=O)O. The lowest BCUT2D eigenvalue weighted by Gasteiger charge is -2.11. The highest BCUT2D eigenvalue weighted by molar-refractivity contribution is 5.78. The Kier molecular flexibility index (Phi) is 9.98. The fraction of sp³-hybridized carbons (Fsp3) is 0.750. The summed E-state index contributed by atoms with van der Waals surface area (Å²) in [6, 6.07) is 0. The Bertz CT molecular complexity index is 159. The summed E-state index contributed by atoms with van der Waals surface area (Å²) < 4.78 is 0. The largest absolute Gasteiger partial charge is 0.480 e. The molecule has 0 aromatic rings. The number of rotatable bonds is 4. The van der Waals surface area contributed by atoms with Crippen LogP contribution in [0.2, 0.25) is 0 Å². The Hall–Kier alpha value is -1.10. The Balaban J connectivity index is 0. The van der Waals surface area contributed by atoms with Crippen LogP contribution in [0, 0.1) is 0 Å². The number of nitrogens with zero attached hydrogens (tertiary/aromatic N) is 1. The summed E-state index contributed by atoms with van der Waals surface area (Å²) in [5.74, 6) is -1.12. The summed E-state index contributed by atoms with van der Waals surface area (Å²) in [5, 5.41) is 10.7. The number of likely N-dealkylation sites (N-methyl/N-ethyl adjacent to an activating group) is 2. The van der Waals surface area contributed by atoms with Crippen molar-refractivity contribution in [2.45, 2.75) is 13.8 Å². The van der Waals surface area contributed by atoms with Gasteiger partial charge in [-0.05, 0) is 7.05 Å². The lowest BCUT2D eigenvalue weighted by atomic mass is 10.5. The quantitative estimate of drug-likeness (QED) is 0.642. The molecule has 78 valence electrons. The van der Waals surface area contributed by atoms with Crippen LogP contribution in [-0.4, -0.2) is 49.1 Å². The molecular formula is C8H18N2O3. The molecule has 5 nitrogen and oxygen atoms in total. The fourth-order valence-corrected chi connectivity index (χ4v) is 0.611. The van der Waals surface area contributed by atoms with Gasteiger partial charge >= 0.3 is 5.97 Å². The zero-order chi connectivity index (χ0) is 10.9. The van der Waals surface area contributed by atoms with Crippen molar-refractivity contribution < 1.29 is 14.7 Å². The Morgan fingerprint density at radius 2 is 1.77 bits per heavy atom. The molecule has 5 heteroatoms. The van der Waals surface area contributed by atoms with Gasteiger partial charge in [0.15, 0.2) is 0 Å². The van der Waals surface area contributed by atoms with Crippen molar-refractivity contribution in [3.05, 3.63) is 0 Å². The van der Waals surface area contributed by atoms with Gasteiger partial charge in [-0.15, -0.1) is 0 Å². The first-order valence-corrected chi connectivity index (χ1v) is 4.17. The van der Waals surface area contributed by atoms with Crippen molar-refractivity contribution in [3.63, 3.8) is 0 Å². The third-order valence-corrected chi connectivity index (χ3v) is 1.10. The van der Waals surface area contributed by atoms with Gasteiger partial charge in [-0.25, -0.2) is 0 Å². The number of amides is 1. The maximum Gasteiger partial charge on any atom is 0.317 e. The first kappa shape index (κ1) is 14.4. The number of hydrogen-bond acceptors (Lipinski definition) is 3. The minimum atomic E-state index is -0.934. The molecule has 0 aliphatic rings. The predicted octanol–water partition coefficient (Wildman–Crippen LogP) is -0.225. The van der Waals surface area contributed by atoms with E-state index in [-0.39, 0.29) is 19.0 Å². The van der Waals surface area contributed by atoms with Crippen molar-refractivity contribution in [1.29, 1.82) is 0 Å². The third-order valence-electron chi connectivity index (χ3n) is 1.10. The summed E-state index contributed by atoms with van der Waals surface area (Å²) in [4.78, 5) is 22.2. The number of hydrogen-bond donors (Lipinski definition) is 2. The molecule has 1 amide bonds. The molecule has 0 heterocycles. The Morgan fingerprint density at radius 3 is 2.08 bits per heavy atom. The van der Waals surface area contributed by atoms with E-state index in [4.69, 9.17) is 5.11 Å². The van der Waals surface area contributed by atoms with Gasteiger partial charge in [0, 0.05) is 7.05 Å². The van der Waals surface area contributed by atoms with E-state index in [1.54, 1.807) is 7.05 Å². The topological polar surface area (TPSA) is 69.6 Å². The highest BCUT2D eigenvalue weighted by Gasteiger charge is 2.07. The van der Waals surface area contributed by atoms with Crippen LogP contribution >= 0.6 is 0 Å². The molecule has 13 heavy (non-hydrogen) atoms. The van der Waals surface area contributed by atoms with E-state index in [0.717, 1.165) is 0 Å². The van der Waals surface area contributed by atoms with Crippen molar-refractivity contribution in [2.24, 2.45) is 0 Å². The standard InChI is InChI=1S/C6H12N2O3.C2H6/c1-7-5(9)3-8(2)4-6(10)11;1-2/h3-4H2,1-2H3,(H,7,9)(H,10,11);1-2H3. The molecule has 0 atom stereocenters. The van der Waals surface area contributed by atoms with Gasteiger partial charge < -0.3 is 10.4 Å². The molecule has 0 unspecified atom stereocenters. The van der Waals surface area contributed by atoms with Gasteiger partial charge in [-0.1, -0.05) is 13.8 Å². The highest BCUT2D eigenvalue weighted by Crippen LogP contribution is 1.80. The lowest BCUT2D eigenvalue weighted by molar-refractivity contribution is -0.138.